The second-order valence-corrected chi connectivity index (χ2v) is 7.35. The molecule has 0 spiro atoms. The number of aromatic amines is 1. The van der Waals surface area contributed by atoms with Crippen LogP contribution in [0.4, 0.5) is 0 Å². The van der Waals surface area contributed by atoms with E-state index in [9.17, 15) is 9.90 Å². The van der Waals surface area contributed by atoms with E-state index in [0.29, 0.717) is 19.6 Å². The predicted molar refractivity (Wildman–Crippen MR) is 99.9 cm³/mol. The number of carbonyl (C=O) groups excluding carboxylic acids is 1. The van der Waals surface area contributed by atoms with E-state index in [-0.39, 0.29) is 5.91 Å². The van der Waals surface area contributed by atoms with Crippen molar-refractivity contribution >= 4 is 28.1 Å². The van der Waals surface area contributed by atoms with Gasteiger partial charge in [-0.15, -0.1) is 11.3 Å². The Morgan fingerprint density at radius 1 is 1.16 bits per heavy atom. The van der Waals surface area contributed by atoms with Gasteiger partial charge in [0, 0.05) is 54.7 Å². The van der Waals surface area contributed by atoms with Crippen molar-refractivity contribution in [3.8, 4) is 0 Å². The molecule has 1 amide bonds. The largest absolute Gasteiger partial charge is 0.386 e. The molecular weight excluding hydrogens is 334 g/mol. The SMILES string of the molecule is O=C(c1c[nH]c2ccccc12)N1CCN(CC(O)c2cccs2)CC1. The van der Waals surface area contributed by atoms with Gasteiger partial charge in [-0.25, -0.2) is 0 Å². The minimum absolute atomic E-state index is 0.0795. The van der Waals surface area contributed by atoms with E-state index in [1.165, 1.54) is 0 Å². The molecule has 2 aromatic heterocycles. The first-order valence-electron chi connectivity index (χ1n) is 8.51. The van der Waals surface area contributed by atoms with Crippen molar-refractivity contribution in [1.29, 1.82) is 0 Å². The highest BCUT2D eigenvalue weighted by Gasteiger charge is 2.25. The van der Waals surface area contributed by atoms with Crippen LogP contribution in [0.5, 0.6) is 0 Å². The summed E-state index contributed by atoms with van der Waals surface area (Å²) in [6, 6.07) is 11.8. The molecule has 1 aliphatic heterocycles. The first-order valence-corrected chi connectivity index (χ1v) is 9.39. The van der Waals surface area contributed by atoms with E-state index >= 15 is 0 Å². The quantitative estimate of drug-likeness (QED) is 0.756. The van der Waals surface area contributed by atoms with Crippen LogP contribution in [-0.4, -0.2) is 58.5 Å². The lowest BCUT2D eigenvalue weighted by Crippen LogP contribution is -2.49. The highest BCUT2D eigenvalue weighted by molar-refractivity contribution is 7.10. The average molecular weight is 355 g/mol. The molecule has 3 aromatic rings. The molecule has 4 rings (SSSR count). The van der Waals surface area contributed by atoms with Gasteiger partial charge in [0.25, 0.3) is 5.91 Å². The summed E-state index contributed by atoms with van der Waals surface area (Å²) in [7, 11) is 0. The fourth-order valence-corrected chi connectivity index (χ4v) is 4.07. The molecule has 25 heavy (non-hydrogen) atoms. The molecule has 6 heteroatoms. The number of aliphatic hydroxyl groups excluding tert-OH is 1. The molecule has 1 aromatic carbocycles. The molecule has 130 valence electrons. The van der Waals surface area contributed by atoms with Gasteiger partial charge in [0.05, 0.1) is 5.56 Å². The number of hydrogen-bond donors (Lipinski definition) is 2. The Hall–Kier alpha value is -2.15. The van der Waals surface area contributed by atoms with Crippen LogP contribution in [0, 0.1) is 0 Å². The number of hydrogen-bond acceptors (Lipinski definition) is 4. The molecule has 5 nitrogen and oxygen atoms in total. The Morgan fingerprint density at radius 2 is 1.96 bits per heavy atom. The summed E-state index contributed by atoms with van der Waals surface area (Å²) in [6.45, 7) is 3.58. The number of thiophene rings is 1. The molecule has 1 aliphatic rings. The van der Waals surface area contributed by atoms with Crippen molar-refractivity contribution in [2.45, 2.75) is 6.10 Å². The molecule has 3 heterocycles. The zero-order valence-electron chi connectivity index (χ0n) is 13.9. The summed E-state index contributed by atoms with van der Waals surface area (Å²) in [5.41, 5.74) is 1.73. The first-order chi connectivity index (χ1) is 12.2. The van der Waals surface area contributed by atoms with Crippen molar-refractivity contribution < 1.29 is 9.90 Å². The highest BCUT2D eigenvalue weighted by Crippen LogP contribution is 2.22. The molecule has 1 unspecified atom stereocenters. The van der Waals surface area contributed by atoms with Crippen LogP contribution in [0.1, 0.15) is 21.3 Å². The molecule has 0 aliphatic carbocycles. The zero-order chi connectivity index (χ0) is 17.2. The van der Waals surface area contributed by atoms with Crippen molar-refractivity contribution in [3.05, 3.63) is 58.4 Å². The highest BCUT2D eigenvalue weighted by atomic mass is 32.1. The van der Waals surface area contributed by atoms with Gasteiger partial charge in [0.15, 0.2) is 0 Å². The second kappa shape index (κ2) is 7.00. The smallest absolute Gasteiger partial charge is 0.256 e. The normalized spacial score (nSPS) is 17.1. The van der Waals surface area contributed by atoms with Crippen molar-refractivity contribution in [2.24, 2.45) is 0 Å². The molecule has 1 saturated heterocycles. The number of carbonyl (C=O) groups is 1. The van der Waals surface area contributed by atoms with Gasteiger partial charge in [0.1, 0.15) is 6.10 Å². The molecule has 0 bridgehead atoms. The van der Waals surface area contributed by atoms with Crippen LogP contribution in [0.25, 0.3) is 10.9 Å². The van der Waals surface area contributed by atoms with E-state index in [1.54, 1.807) is 17.5 Å². The van der Waals surface area contributed by atoms with Gasteiger partial charge in [-0.05, 0) is 17.5 Å². The summed E-state index contributed by atoms with van der Waals surface area (Å²) in [6.07, 6.45) is 1.36. The number of piperazine rings is 1. The molecular formula is C19H21N3O2S. The summed E-state index contributed by atoms with van der Waals surface area (Å²) in [5.74, 6) is 0.0795. The Morgan fingerprint density at radius 3 is 2.72 bits per heavy atom. The second-order valence-electron chi connectivity index (χ2n) is 6.37. The van der Waals surface area contributed by atoms with Gasteiger partial charge >= 0.3 is 0 Å². The molecule has 2 N–H and O–H groups in total. The molecule has 0 saturated carbocycles. The molecule has 1 atom stereocenters. The number of fused-ring (bicyclic) bond motifs is 1. The van der Waals surface area contributed by atoms with Gasteiger partial charge in [-0.1, -0.05) is 24.3 Å². The summed E-state index contributed by atoms with van der Waals surface area (Å²) in [4.78, 5) is 21.1. The third-order valence-electron chi connectivity index (χ3n) is 4.78. The van der Waals surface area contributed by atoms with Crippen LogP contribution in [0.3, 0.4) is 0 Å². The number of benzene rings is 1. The Bertz CT molecular complexity index is 851. The maximum Gasteiger partial charge on any atom is 0.256 e. The number of nitrogens with one attached hydrogen (secondary N) is 1. The Balaban J connectivity index is 1.37. The maximum absolute atomic E-state index is 12.8. The van der Waals surface area contributed by atoms with Gasteiger partial charge in [0.2, 0.25) is 0 Å². The lowest BCUT2D eigenvalue weighted by molar-refractivity contribution is 0.0534. The van der Waals surface area contributed by atoms with Crippen LogP contribution in [0.2, 0.25) is 0 Å². The summed E-state index contributed by atoms with van der Waals surface area (Å²) in [5, 5.41) is 13.2. The van der Waals surface area contributed by atoms with E-state index in [2.05, 4.69) is 9.88 Å². The molecule has 1 fully saturated rings. The van der Waals surface area contributed by atoms with Crippen LogP contribution < -0.4 is 0 Å². The summed E-state index contributed by atoms with van der Waals surface area (Å²) >= 11 is 1.58. The number of nitrogens with zero attached hydrogens (tertiary/aromatic N) is 2. The van der Waals surface area contributed by atoms with Crippen LogP contribution in [0.15, 0.2) is 48.0 Å². The number of aliphatic hydroxyl groups is 1. The predicted octanol–water partition coefficient (Wildman–Crippen LogP) is 2.72. The standard InChI is InChI=1S/C19H21N3O2S/c23-17(18-6-3-11-25-18)13-21-7-9-22(10-8-21)19(24)15-12-20-16-5-2-1-4-14(15)16/h1-6,11-12,17,20,23H,7-10,13H2. The van der Waals surface area contributed by atoms with Crippen LogP contribution in [-0.2, 0) is 0 Å². The Labute approximate surface area is 150 Å². The van der Waals surface area contributed by atoms with Gasteiger partial charge in [-0.3, -0.25) is 9.69 Å². The Kier molecular flexibility index (Phi) is 4.57. The van der Waals surface area contributed by atoms with Gasteiger partial charge in [-0.2, -0.15) is 0 Å². The molecule has 0 radical (unpaired) electrons. The van der Waals surface area contributed by atoms with Crippen molar-refractivity contribution in [1.82, 2.24) is 14.8 Å². The minimum Gasteiger partial charge on any atom is -0.386 e. The van der Waals surface area contributed by atoms with E-state index in [4.69, 9.17) is 0 Å². The van der Waals surface area contributed by atoms with Crippen molar-refractivity contribution in [2.75, 3.05) is 32.7 Å². The fraction of sp³-hybridized carbons (Fsp3) is 0.316. The van der Waals surface area contributed by atoms with E-state index in [0.717, 1.165) is 34.4 Å². The average Bonchev–Trinajstić information content (AvgIpc) is 3.32. The minimum atomic E-state index is -0.448. The number of amides is 1. The third-order valence-corrected chi connectivity index (χ3v) is 5.76. The number of β-amino-alcohol motifs (C(OH)–C–C–N with tert-alkyl or cyclic N) is 1. The fourth-order valence-electron chi connectivity index (χ4n) is 3.37. The maximum atomic E-state index is 12.8. The topological polar surface area (TPSA) is 59.6 Å². The zero-order valence-corrected chi connectivity index (χ0v) is 14.7. The van der Waals surface area contributed by atoms with Gasteiger partial charge < -0.3 is 15.0 Å². The lowest BCUT2D eigenvalue weighted by atomic mass is 10.1. The monoisotopic (exact) mass is 355 g/mol. The third kappa shape index (κ3) is 3.33. The number of H-pyrrole nitrogens is 1. The number of aromatic nitrogens is 1. The lowest BCUT2D eigenvalue weighted by Gasteiger charge is -2.35. The van der Waals surface area contributed by atoms with Crippen molar-refractivity contribution in [3.63, 3.8) is 0 Å². The summed E-state index contributed by atoms with van der Waals surface area (Å²) < 4.78 is 0. The van der Waals surface area contributed by atoms with Crippen LogP contribution >= 0.6 is 11.3 Å². The number of rotatable bonds is 4. The number of para-hydroxylation sites is 1. The first kappa shape index (κ1) is 16.3. The van der Waals surface area contributed by atoms with E-state index in [1.807, 2.05) is 46.7 Å². The van der Waals surface area contributed by atoms with E-state index < -0.39 is 6.10 Å².